The standard InChI is InChI=1S/C12H21N3O2S/c1-4-17-7-5-6-11(16)15-12-14-10(8-18-12)9(2)13-3/h8-9,13H,4-7H2,1-3H3,(H,14,15,16). The van der Waals surface area contributed by atoms with Crippen LogP contribution in [0.5, 0.6) is 0 Å². The van der Waals surface area contributed by atoms with Crippen molar-refractivity contribution < 1.29 is 9.53 Å². The van der Waals surface area contributed by atoms with Gasteiger partial charge in [0.1, 0.15) is 0 Å². The number of thiazole rings is 1. The summed E-state index contributed by atoms with van der Waals surface area (Å²) in [5.74, 6) is -0.00675. The van der Waals surface area contributed by atoms with E-state index in [2.05, 4.69) is 15.6 Å². The number of amides is 1. The second-order valence-corrected chi connectivity index (χ2v) is 4.79. The highest BCUT2D eigenvalue weighted by Gasteiger charge is 2.09. The highest BCUT2D eigenvalue weighted by Crippen LogP contribution is 2.20. The number of hydrogen-bond donors (Lipinski definition) is 2. The molecule has 1 unspecified atom stereocenters. The Morgan fingerprint density at radius 2 is 2.39 bits per heavy atom. The zero-order chi connectivity index (χ0) is 13.4. The molecule has 1 heterocycles. The fourth-order valence-corrected chi connectivity index (χ4v) is 2.17. The van der Waals surface area contributed by atoms with Crippen molar-refractivity contribution in [1.29, 1.82) is 0 Å². The van der Waals surface area contributed by atoms with Crippen LogP contribution in [-0.2, 0) is 9.53 Å². The van der Waals surface area contributed by atoms with Crippen molar-refractivity contribution in [2.24, 2.45) is 0 Å². The van der Waals surface area contributed by atoms with E-state index < -0.39 is 0 Å². The zero-order valence-corrected chi connectivity index (χ0v) is 12.0. The van der Waals surface area contributed by atoms with Crippen LogP contribution < -0.4 is 10.6 Å². The molecule has 18 heavy (non-hydrogen) atoms. The van der Waals surface area contributed by atoms with Crippen LogP contribution in [0.2, 0.25) is 0 Å². The van der Waals surface area contributed by atoms with Crippen LogP contribution in [0, 0.1) is 0 Å². The summed E-state index contributed by atoms with van der Waals surface area (Å²) in [5, 5.41) is 8.53. The van der Waals surface area contributed by atoms with Gasteiger partial charge in [0.05, 0.1) is 5.69 Å². The molecule has 0 saturated carbocycles. The lowest BCUT2D eigenvalue weighted by Gasteiger charge is -2.05. The number of carbonyl (C=O) groups excluding carboxylic acids is 1. The van der Waals surface area contributed by atoms with Crippen LogP contribution in [0.25, 0.3) is 0 Å². The van der Waals surface area contributed by atoms with Gasteiger partial charge in [0.25, 0.3) is 0 Å². The quantitative estimate of drug-likeness (QED) is 0.711. The molecule has 1 aromatic heterocycles. The molecule has 1 atom stereocenters. The van der Waals surface area contributed by atoms with Gasteiger partial charge in [-0.2, -0.15) is 0 Å². The van der Waals surface area contributed by atoms with E-state index in [-0.39, 0.29) is 11.9 Å². The highest BCUT2D eigenvalue weighted by molar-refractivity contribution is 7.13. The summed E-state index contributed by atoms with van der Waals surface area (Å²) in [6.45, 7) is 5.30. The predicted octanol–water partition coefficient (Wildman–Crippen LogP) is 2.18. The van der Waals surface area contributed by atoms with E-state index in [4.69, 9.17) is 4.74 Å². The molecule has 6 heteroatoms. The summed E-state index contributed by atoms with van der Waals surface area (Å²) in [5.41, 5.74) is 0.951. The largest absolute Gasteiger partial charge is 0.382 e. The molecule has 0 aliphatic heterocycles. The van der Waals surface area contributed by atoms with Crippen LogP contribution in [0.1, 0.15) is 38.4 Å². The van der Waals surface area contributed by atoms with E-state index in [1.54, 1.807) is 0 Å². The summed E-state index contributed by atoms with van der Waals surface area (Å²) in [7, 11) is 1.88. The summed E-state index contributed by atoms with van der Waals surface area (Å²) < 4.78 is 5.18. The average molecular weight is 271 g/mol. The number of nitrogens with one attached hydrogen (secondary N) is 2. The molecule has 102 valence electrons. The van der Waals surface area contributed by atoms with E-state index in [1.165, 1.54) is 11.3 Å². The van der Waals surface area contributed by atoms with Crippen molar-refractivity contribution in [2.75, 3.05) is 25.6 Å². The van der Waals surface area contributed by atoms with Gasteiger partial charge in [-0.1, -0.05) is 0 Å². The van der Waals surface area contributed by atoms with Crippen molar-refractivity contribution in [3.8, 4) is 0 Å². The van der Waals surface area contributed by atoms with Crippen molar-refractivity contribution >= 4 is 22.4 Å². The molecule has 5 nitrogen and oxygen atoms in total. The first-order valence-corrected chi connectivity index (χ1v) is 7.05. The maximum atomic E-state index is 11.6. The number of hydrogen-bond acceptors (Lipinski definition) is 5. The second-order valence-electron chi connectivity index (χ2n) is 3.94. The molecule has 0 aliphatic carbocycles. The summed E-state index contributed by atoms with van der Waals surface area (Å²) in [4.78, 5) is 16.0. The first-order chi connectivity index (χ1) is 8.67. The van der Waals surface area contributed by atoms with E-state index in [0.717, 1.165) is 12.1 Å². The molecule has 1 aromatic rings. The predicted molar refractivity (Wildman–Crippen MR) is 73.9 cm³/mol. The molecule has 0 aliphatic rings. The molecule has 0 bridgehead atoms. The number of aromatic nitrogens is 1. The third-order valence-corrected chi connectivity index (χ3v) is 3.32. The molecular formula is C12H21N3O2S. The van der Waals surface area contributed by atoms with E-state index in [0.29, 0.717) is 24.8 Å². The van der Waals surface area contributed by atoms with Crippen LogP contribution in [0.4, 0.5) is 5.13 Å². The van der Waals surface area contributed by atoms with Crippen LogP contribution in [-0.4, -0.2) is 31.2 Å². The van der Waals surface area contributed by atoms with Gasteiger partial charge in [0.15, 0.2) is 5.13 Å². The Bertz CT molecular complexity index is 368. The first-order valence-electron chi connectivity index (χ1n) is 6.17. The lowest BCUT2D eigenvalue weighted by atomic mass is 10.3. The first kappa shape index (κ1) is 15.1. The van der Waals surface area contributed by atoms with Gasteiger partial charge >= 0.3 is 0 Å². The summed E-state index contributed by atoms with van der Waals surface area (Å²) in [6.07, 6.45) is 1.21. The number of rotatable bonds is 8. The van der Waals surface area contributed by atoms with Gasteiger partial charge in [-0.25, -0.2) is 4.98 Å². The maximum Gasteiger partial charge on any atom is 0.226 e. The fourth-order valence-electron chi connectivity index (χ4n) is 1.35. The van der Waals surface area contributed by atoms with Gasteiger partial charge in [0.2, 0.25) is 5.91 Å². The van der Waals surface area contributed by atoms with E-state index in [9.17, 15) is 4.79 Å². The molecule has 1 amide bonds. The Hall–Kier alpha value is -0.980. The van der Waals surface area contributed by atoms with Crippen LogP contribution in [0.15, 0.2) is 5.38 Å². The number of anilines is 1. The van der Waals surface area contributed by atoms with E-state index >= 15 is 0 Å². The maximum absolute atomic E-state index is 11.6. The minimum absolute atomic E-state index is 0.00675. The van der Waals surface area contributed by atoms with Gasteiger partial charge in [0, 0.05) is 31.1 Å². The average Bonchev–Trinajstić information content (AvgIpc) is 2.82. The SMILES string of the molecule is CCOCCCC(=O)Nc1nc(C(C)NC)cs1. The Kier molecular flexibility index (Phi) is 6.85. The third kappa shape index (κ3) is 5.12. The molecule has 0 fully saturated rings. The minimum atomic E-state index is -0.00675. The van der Waals surface area contributed by atoms with Gasteiger partial charge in [-0.15, -0.1) is 11.3 Å². The molecule has 0 spiro atoms. The van der Waals surface area contributed by atoms with Crippen molar-refractivity contribution in [2.45, 2.75) is 32.7 Å². The normalized spacial score (nSPS) is 12.4. The Balaban J connectivity index is 2.33. The highest BCUT2D eigenvalue weighted by atomic mass is 32.1. The monoisotopic (exact) mass is 271 g/mol. The number of ether oxygens (including phenoxy) is 1. The van der Waals surface area contributed by atoms with Crippen molar-refractivity contribution in [3.05, 3.63) is 11.1 Å². The Labute approximate surface area is 112 Å². The summed E-state index contributed by atoms with van der Waals surface area (Å²) >= 11 is 1.45. The van der Waals surface area contributed by atoms with Crippen LogP contribution >= 0.6 is 11.3 Å². The number of carbonyl (C=O) groups is 1. The summed E-state index contributed by atoms with van der Waals surface area (Å²) in [6, 6.07) is 0.199. The molecule has 0 radical (unpaired) electrons. The molecule has 0 aromatic carbocycles. The molecular weight excluding hydrogens is 250 g/mol. The molecule has 2 N–H and O–H groups in total. The lowest BCUT2D eigenvalue weighted by Crippen LogP contribution is -2.14. The fraction of sp³-hybridized carbons (Fsp3) is 0.667. The smallest absolute Gasteiger partial charge is 0.226 e. The Morgan fingerprint density at radius 1 is 1.61 bits per heavy atom. The van der Waals surface area contributed by atoms with Gasteiger partial charge in [-0.05, 0) is 27.3 Å². The minimum Gasteiger partial charge on any atom is -0.382 e. The van der Waals surface area contributed by atoms with Crippen LogP contribution in [0.3, 0.4) is 0 Å². The lowest BCUT2D eigenvalue weighted by molar-refractivity contribution is -0.116. The zero-order valence-electron chi connectivity index (χ0n) is 11.2. The van der Waals surface area contributed by atoms with Crippen molar-refractivity contribution in [1.82, 2.24) is 10.3 Å². The second kappa shape index (κ2) is 8.18. The molecule has 1 rings (SSSR count). The molecule has 0 saturated heterocycles. The van der Waals surface area contributed by atoms with Gasteiger partial charge < -0.3 is 15.4 Å². The van der Waals surface area contributed by atoms with E-state index in [1.807, 2.05) is 26.3 Å². The van der Waals surface area contributed by atoms with Gasteiger partial charge in [-0.3, -0.25) is 4.79 Å². The Morgan fingerprint density at radius 3 is 3.06 bits per heavy atom. The van der Waals surface area contributed by atoms with Crippen molar-refractivity contribution in [3.63, 3.8) is 0 Å². The third-order valence-electron chi connectivity index (χ3n) is 2.54. The number of nitrogens with zero attached hydrogens (tertiary/aromatic N) is 1. The topological polar surface area (TPSA) is 63.2 Å².